The standard InChI is InChI=1S/C20H30N2O2/c1-3-4-5-6-7-8-9-16-10-12-17(13-11-16)18-14-24-19(22-18)20(2,21)15-23/h10-14,23H,3-9,15,21H2,1-2H3. The lowest BCUT2D eigenvalue weighted by molar-refractivity contribution is 0.183. The Hall–Kier alpha value is -1.65. The zero-order chi connectivity index (χ0) is 17.4. The third-order valence-electron chi connectivity index (χ3n) is 4.39. The van der Waals surface area contributed by atoms with E-state index in [1.54, 1.807) is 13.2 Å². The van der Waals surface area contributed by atoms with Crippen LogP contribution in [-0.4, -0.2) is 16.7 Å². The molecular formula is C20H30N2O2. The molecule has 0 fully saturated rings. The number of aromatic nitrogens is 1. The van der Waals surface area contributed by atoms with Gasteiger partial charge in [0, 0.05) is 5.56 Å². The smallest absolute Gasteiger partial charge is 0.216 e. The van der Waals surface area contributed by atoms with Crippen LogP contribution in [0.1, 0.15) is 63.8 Å². The van der Waals surface area contributed by atoms with E-state index in [9.17, 15) is 5.11 Å². The minimum atomic E-state index is -0.948. The highest BCUT2D eigenvalue weighted by molar-refractivity contribution is 5.58. The molecule has 1 aromatic carbocycles. The van der Waals surface area contributed by atoms with E-state index in [0.29, 0.717) is 5.89 Å². The van der Waals surface area contributed by atoms with E-state index in [1.165, 1.54) is 44.1 Å². The number of aryl methyl sites for hydroxylation is 1. The normalized spacial score (nSPS) is 13.8. The Morgan fingerprint density at radius 3 is 2.42 bits per heavy atom. The second kappa shape index (κ2) is 9.00. The van der Waals surface area contributed by atoms with Crippen LogP contribution in [0, 0.1) is 0 Å². The molecule has 0 aliphatic carbocycles. The maximum Gasteiger partial charge on any atom is 0.216 e. The second-order valence-corrected chi connectivity index (χ2v) is 6.83. The number of nitrogens with zero attached hydrogens (tertiary/aromatic N) is 1. The van der Waals surface area contributed by atoms with Crippen molar-refractivity contribution in [2.45, 2.75) is 64.3 Å². The van der Waals surface area contributed by atoms with Crippen LogP contribution in [0.25, 0.3) is 11.3 Å². The molecule has 132 valence electrons. The first-order chi connectivity index (χ1) is 11.6. The number of benzene rings is 1. The third-order valence-corrected chi connectivity index (χ3v) is 4.39. The quantitative estimate of drug-likeness (QED) is 0.633. The Bertz CT molecular complexity index is 602. The van der Waals surface area contributed by atoms with Gasteiger partial charge in [0.15, 0.2) is 0 Å². The number of hydrogen-bond donors (Lipinski definition) is 2. The first-order valence-electron chi connectivity index (χ1n) is 9.02. The van der Waals surface area contributed by atoms with Crippen molar-refractivity contribution in [3.8, 4) is 11.3 Å². The molecule has 24 heavy (non-hydrogen) atoms. The molecule has 1 atom stereocenters. The Kier molecular flexibility index (Phi) is 7.00. The van der Waals surface area contributed by atoms with Crippen molar-refractivity contribution in [1.29, 1.82) is 0 Å². The molecule has 0 spiro atoms. The molecule has 0 bridgehead atoms. The summed E-state index contributed by atoms with van der Waals surface area (Å²) in [5.74, 6) is 0.358. The topological polar surface area (TPSA) is 72.3 Å². The molecule has 1 heterocycles. The molecule has 2 aromatic rings. The van der Waals surface area contributed by atoms with Gasteiger partial charge in [-0.05, 0) is 25.3 Å². The van der Waals surface area contributed by atoms with E-state index in [-0.39, 0.29) is 6.61 Å². The number of nitrogens with two attached hydrogens (primary N) is 1. The van der Waals surface area contributed by atoms with Crippen LogP contribution in [0.3, 0.4) is 0 Å². The number of aliphatic hydroxyl groups excluding tert-OH is 1. The van der Waals surface area contributed by atoms with Gasteiger partial charge in [0.25, 0.3) is 0 Å². The molecular weight excluding hydrogens is 300 g/mol. The maximum absolute atomic E-state index is 9.29. The fourth-order valence-corrected chi connectivity index (χ4v) is 2.69. The van der Waals surface area contributed by atoms with Crippen molar-refractivity contribution >= 4 is 0 Å². The second-order valence-electron chi connectivity index (χ2n) is 6.83. The van der Waals surface area contributed by atoms with Crippen LogP contribution in [0.15, 0.2) is 34.9 Å². The van der Waals surface area contributed by atoms with E-state index in [1.807, 2.05) is 0 Å². The highest BCUT2D eigenvalue weighted by Crippen LogP contribution is 2.24. The molecule has 1 unspecified atom stereocenters. The van der Waals surface area contributed by atoms with Crippen LogP contribution in [0.5, 0.6) is 0 Å². The van der Waals surface area contributed by atoms with Crippen LogP contribution in [0.2, 0.25) is 0 Å². The van der Waals surface area contributed by atoms with Crippen LogP contribution in [-0.2, 0) is 12.0 Å². The number of oxazole rings is 1. The summed E-state index contributed by atoms with van der Waals surface area (Å²) < 4.78 is 5.42. The summed E-state index contributed by atoms with van der Waals surface area (Å²) >= 11 is 0. The number of aliphatic hydroxyl groups is 1. The van der Waals surface area contributed by atoms with Gasteiger partial charge in [-0.3, -0.25) is 0 Å². The van der Waals surface area contributed by atoms with Gasteiger partial charge in [0.05, 0.1) is 6.61 Å². The Labute approximate surface area is 145 Å². The Morgan fingerprint density at radius 2 is 1.75 bits per heavy atom. The van der Waals surface area contributed by atoms with E-state index >= 15 is 0 Å². The molecule has 1 aromatic heterocycles. The monoisotopic (exact) mass is 330 g/mol. The summed E-state index contributed by atoms with van der Waals surface area (Å²) in [6, 6.07) is 8.45. The van der Waals surface area contributed by atoms with Crippen LogP contribution in [0.4, 0.5) is 0 Å². The highest BCUT2D eigenvalue weighted by Gasteiger charge is 2.26. The van der Waals surface area contributed by atoms with Crippen molar-refractivity contribution in [1.82, 2.24) is 4.98 Å². The van der Waals surface area contributed by atoms with E-state index < -0.39 is 5.54 Å². The van der Waals surface area contributed by atoms with Gasteiger partial charge in [0.2, 0.25) is 5.89 Å². The minimum Gasteiger partial charge on any atom is -0.446 e. The first kappa shape index (κ1) is 18.7. The van der Waals surface area contributed by atoms with Gasteiger partial charge in [-0.2, -0.15) is 0 Å². The molecule has 4 nitrogen and oxygen atoms in total. The van der Waals surface area contributed by atoms with Gasteiger partial charge < -0.3 is 15.3 Å². The molecule has 3 N–H and O–H groups in total. The summed E-state index contributed by atoms with van der Waals surface area (Å²) in [6.07, 6.45) is 10.6. The highest BCUT2D eigenvalue weighted by atomic mass is 16.3. The average molecular weight is 330 g/mol. The van der Waals surface area contributed by atoms with Gasteiger partial charge in [-0.25, -0.2) is 4.98 Å². The Balaban J connectivity index is 1.88. The van der Waals surface area contributed by atoms with Gasteiger partial charge in [-0.1, -0.05) is 63.3 Å². The van der Waals surface area contributed by atoms with E-state index in [0.717, 1.165) is 17.7 Å². The summed E-state index contributed by atoms with van der Waals surface area (Å²) in [5.41, 5.74) is 8.11. The summed E-state index contributed by atoms with van der Waals surface area (Å²) in [7, 11) is 0. The molecule has 4 heteroatoms. The number of unbranched alkanes of at least 4 members (excludes halogenated alkanes) is 5. The van der Waals surface area contributed by atoms with Crippen LogP contribution < -0.4 is 5.73 Å². The fraction of sp³-hybridized carbons (Fsp3) is 0.550. The minimum absolute atomic E-state index is 0.204. The van der Waals surface area contributed by atoms with E-state index in [4.69, 9.17) is 10.2 Å². The molecule has 2 rings (SSSR count). The van der Waals surface area contributed by atoms with Crippen LogP contribution >= 0.6 is 0 Å². The van der Waals surface area contributed by atoms with Gasteiger partial charge in [-0.15, -0.1) is 0 Å². The predicted molar refractivity (Wildman–Crippen MR) is 97.6 cm³/mol. The van der Waals surface area contributed by atoms with Gasteiger partial charge >= 0.3 is 0 Å². The lowest BCUT2D eigenvalue weighted by Crippen LogP contribution is -2.37. The maximum atomic E-state index is 9.29. The fourth-order valence-electron chi connectivity index (χ4n) is 2.69. The first-order valence-corrected chi connectivity index (χ1v) is 9.02. The SMILES string of the molecule is CCCCCCCCc1ccc(-c2coc(C(C)(N)CO)n2)cc1. The molecule has 0 amide bonds. The summed E-state index contributed by atoms with van der Waals surface area (Å²) in [4.78, 5) is 4.40. The van der Waals surface area contributed by atoms with Crippen molar-refractivity contribution < 1.29 is 9.52 Å². The predicted octanol–water partition coefficient (Wildman–Crippen LogP) is 4.41. The lowest BCUT2D eigenvalue weighted by atomic mass is 10.0. The third kappa shape index (κ3) is 5.18. The van der Waals surface area contributed by atoms with Crippen molar-refractivity contribution in [2.75, 3.05) is 6.61 Å². The number of hydrogen-bond acceptors (Lipinski definition) is 4. The molecule has 0 saturated carbocycles. The van der Waals surface area contributed by atoms with Gasteiger partial charge in [0.1, 0.15) is 17.5 Å². The van der Waals surface area contributed by atoms with Crippen molar-refractivity contribution in [3.05, 3.63) is 42.0 Å². The van der Waals surface area contributed by atoms with Crippen molar-refractivity contribution in [2.24, 2.45) is 5.73 Å². The van der Waals surface area contributed by atoms with E-state index in [2.05, 4.69) is 36.2 Å². The summed E-state index contributed by atoms with van der Waals surface area (Å²) in [5, 5.41) is 9.29. The molecule has 0 saturated heterocycles. The lowest BCUT2D eigenvalue weighted by Gasteiger charge is -2.16. The zero-order valence-corrected chi connectivity index (χ0v) is 14.9. The Morgan fingerprint density at radius 1 is 1.08 bits per heavy atom. The van der Waals surface area contributed by atoms with Crippen molar-refractivity contribution in [3.63, 3.8) is 0 Å². The molecule has 0 aliphatic rings. The number of rotatable bonds is 10. The zero-order valence-electron chi connectivity index (χ0n) is 14.9. The summed E-state index contributed by atoms with van der Waals surface area (Å²) in [6.45, 7) is 3.74. The molecule has 0 aliphatic heterocycles. The molecule has 0 radical (unpaired) electrons. The average Bonchev–Trinajstić information content (AvgIpc) is 3.09. The largest absolute Gasteiger partial charge is 0.446 e.